The molecule has 0 amide bonds. The van der Waals surface area contributed by atoms with E-state index in [-0.39, 0.29) is 5.76 Å². The van der Waals surface area contributed by atoms with Crippen molar-refractivity contribution in [2.24, 2.45) is 11.8 Å². The summed E-state index contributed by atoms with van der Waals surface area (Å²) in [6.45, 7) is 7.53. The lowest BCUT2D eigenvalue weighted by atomic mass is 9.92. The average molecular weight is 251 g/mol. The number of ether oxygens (including phenoxy) is 1. The summed E-state index contributed by atoms with van der Waals surface area (Å²) in [6, 6.07) is 3.54. The van der Waals surface area contributed by atoms with Crippen LogP contribution in [0.25, 0.3) is 0 Å². The average Bonchev–Trinajstić information content (AvgIpc) is 2.75. The molecule has 0 radical (unpaired) electrons. The molecular formula is C14H21NO3. The maximum absolute atomic E-state index is 11.3. The Hall–Kier alpha value is -1.29. The third-order valence-corrected chi connectivity index (χ3v) is 3.37. The SMILES string of the molecule is COC(=O)c1ccc(CN2CC(C)CC(C)C2)o1. The van der Waals surface area contributed by atoms with Crippen molar-refractivity contribution in [3.63, 3.8) is 0 Å². The van der Waals surface area contributed by atoms with Gasteiger partial charge in [-0.3, -0.25) is 4.90 Å². The zero-order valence-electron chi connectivity index (χ0n) is 11.3. The standard InChI is InChI=1S/C14H21NO3/c1-10-6-11(2)8-15(7-10)9-12-4-5-13(18-12)14(16)17-3/h4-5,10-11H,6-9H2,1-3H3. The van der Waals surface area contributed by atoms with E-state index in [1.807, 2.05) is 6.07 Å². The van der Waals surface area contributed by atoms with Crippen molar-refractivity contribution in [3.8, 4) is 0 Å². The van der Waals surface area contributed by atoms with Crippen LogP contribution >= 0.6 is 0 Å². The Morgan fingerprint density at radius 1 is 1.39 bits per heavy atom. The number of esters is 1. The molecular weight excluding hydrogens is 230 g/mol. The lowest BCUT2D eigenvalue weighted by molar-refractivity contribution is 0.0558. The van der Waals surface area contributed by atoms with Gasteiger partial charge in [0.2, 0.25) is 5.76 Å². The van der Waals surface area contributed by atoms with Gasteiger partial charge in [-0.15, -0.1) is 0 Å². The van der Waals surface area contributed by atoms with Crippen LogP contribution in [0.1, 0.15) is 36.6 Å². The molecule has 0 aliphatic carbocycles. The molecule has 1 aromatic heterocycles. The first-order valence-corrected chi connectivity index (χ1v) is 6.48. The maximum Gasteiger partial charge on any atom is 0.373 e. The van der Waals surface area contributed by atoms with Crippen molar-refractivity contribution in [3.05, 3.63) is 23.7 Å². The molecule has 0 N–H and O–H groups in total. The third-order valence-electron chi connectivity index (χ3n) is 3.37. The van der Waals surface area contributed by atoms with Gasteiger partial charge in [-0.25, -0.2) is 4.79 Å². The van der Waals surface area contributed by atoms with Gasteiger partial charge in [0, 0.05) is 13.1 Å². The van der Waals surface area contributed by atoms with Crippen LogP contribution in [0.5, 0.6) is 0 Å². The van der Waals surface area contributed by atoms with Crippen LogP contribution in [-0.4, -0.2) is 31.1 Å². The number of likely N-dealkylation sites (tertiary alicyclic amines) is 1. The predicted octanol–water partition coefficient (Wildman–Crippen LogP) is 2.54. The first-order chi connectivity index (χ1) is 8.58. The first-order valence-electron chi connectivity index (χ1n) is 6.48. The van der Waals surface area contributed by atoms with Crippen molar-refractivity contribution in [1.29, 1.82) is 0 Å². The Balaban J connectivity index is 1.96. The molecule has 2 unspecified atom stereocenters. The Morgan fingerprint density at radius 2 is 2.06 bits per heavy atom. The summed E-state index contributed by atoms with van der Waals surface area (Å²) in [5.41, 5.74) is 0. The van der Waals surface area contributed by atoms with E-state index in [9.17, 15) is 4.79 Å². The summed E-state index contributed by atoms with van der Waals surface area (Å²) in [6.07, 6.45) is 1.29. The van der Waals surface area contributed by atoms with Crippen LogP contribution in [0.3, 0.4) is 0 Å². The van der Waals surface area contributed by atoms with E-state index in [1.54, 1.807) is 6.07 Å². The molecule has 1 aromatic rings. The molecule has 2 rings (SSSR count). The van der Waals surface area contributed by atoms with Gasteiger partial charge < -0.3 is 9.15 Å². The van der Waals surface area contributed by atoms with E-state index in [2.05, 4.69) is 23.5 Å². The van der Waals surface area contributed by atoms with Gasteiger partial charge in [-0.1, -0.05) is 13.8 Å². The second-order valence-corrected chi connectivity index (χ2v) is 5.40. The maximum atomic E-state index is 11.3. The van der Waals surface area contributed by atoms with Crippen molar-refractivity contribution in [1.82, 2.24) is 4.90 Å². The number of methoxy groups -OCH3 is 1. The number of piperidine rings is 1. The van der Waals surface area contributed by atoms with E-state index in [0.717, 1.165) is 37.2 Å². The predicted molar refractivity (Wildman–Crippen MR) is 68.3 cm³/mol. The number of rotatable bonds is 3. The summed E-state index contributed by atoms with van der Waals surface area (Å²) in [5.74, 6) is 2.15. The van der Waals surface area contributed by atoms with E-state index >= 15 is 0 Å². The monoisotopic (exact) mass is 251 g/mol. The van der Waals surface area contributed by atoms with Crippen molar-refractivity contribution in [2.45, 2.75) is 26.8 Å². The molecule has 1 aliphatic heterocycles. The lowest BCUT2D eigenvalue weighted by Crippen LogP contribution is -2.37. The van der Waals surface area contributed by atoms with Gasteiger partial charge in [-0.2, -0.15) is 0 Å². The molecule has 0 spiro atoms. The number of hydrogen-bond acceptors (Lipinski definition) is 4. The largest absolute Gasteiger partial charge is 0.463 e. The van der Waals surface area contributed by atoms with Gasteiger partial charge >= 0.3 is 5.97 Å². The van der Waals surface area contributed by atoms with Gasteiger partial charge in [0.25, 0.3) is 0 Å². The molecule has 18 heavy (non-hydrogen) atoms. The smallest absolute Gasteiger partial charge is 0.373 e. The molecule has 0 aromatic carbocycles. The summed E-state index contributed by atoms with van der Waals surface area (Å²) in [7, 11) is 1.36. The van der Waals surface area contributed by atoms with E-state index in [0.29, 0.717) is 0 Å². The Labute approximate surface area is 108 Å². The third kappa shape index (κ3) is 3.13. The van der Waals surface area contributed by atoms with Gasteiger partial charge in [0.1, 0.15) is 5.76 Å². The second-order valence-electron chi connectivity index (χ2n) is 5.40. The molecule has 1 saturated heterocycles. The van der Waals surface area contributed by atoms with E-state index in [1.165, 1.54) is 13.5 Å². The zero-order valence-corrected chi connectivity index (χ0v) is 11.3. The molecule has 0 saturated carbocycles. The van der Waals surface area contributed by atoms with Crippen LogP contribution in [0.15, 0.2) is 16.5 Å². The van der Waals surface area contributed by atoms with Crippen LogP contribution in [0.4, 0.5) is 0 Å². The van der Waals surface area contributed by atoms with Crippen molar-refractivity contribution in [2.75, 3.05) is 20.2 Å². The van der Waals surface area contributed by atoms with E-state index in [4.69, 9.17) is 4.42 Å². The van der Waals surface area contributed by atoms with Crippen molar-refractivity contribution >= 4 is 5.97 Å². The van der Waals surface area contributed by atoms with E-state index < -0.39 is 5.97 Å². The highest BCUT2D eigenvalue weighted by Gasteiger charge is 2.22. The fourth-order valence-electron chi connectivity index (χ4n) is 2.81. The minimum Gasteiger partial charge on any atom is -0.463 e. The number of furan rings is 1. The molecule has 4 nitrogen and oxygen atoms in total. The highest BCUT2D eigenvalue weighted by molar-refractivity contribution is 5.86. The zero-order chi connectivity index (χ0) is 13.1. The van der Waals surface area contributed by atoms with Gasteiger partial charge in [0.15, 0.2) is 0 Å². The number of carbonyl (C=O) groups excluding carboxylic acids is 1. The Morgan fingerprint density at radius 3 is 2.67 bits per heavy atom. The molecule has 1 fully saturated rings. The topological polar surface area (TPSA) is 42.7 Å². The molecule has 4 heteroatoms. The minimum atomic E-state index is -0.415. The summed E-state index contributed by atoms with van der Waals surface area (Å²) < 4.78 is 10.1. The fourth-order valence-corrected chi connectivity index (χ4v) is 2.81. The molecule has 100 valence electrons. The van der Waals surface area contributed by atoms with Gasteiger partial charge in [0.05, 0.1) is 13.7 Å². The number of carbonyl (C=O) groups is 1. The van der Waals surface area contributed by atoms with Crippen LogP contribution in [0, 0.1) is 11.8 Å². The van der Waals surface area contributed by atoms with Gasteiger partial charge in [-0.05, 0) is 30.4 Å². The molecule has 2 atom stereocenters. The molecule has 1 aliphatic rings. The first kappa shape index (κ1) is 13.1. The fraction of sp³-hybridized carbons (Fsp3) is 0.643. The summed E-state index contributed by atoms with van der Waals surface area (Å²) in [4.78, 5) is 13.7. The minimum absolute atomic E-state index is 0.283. The van der Waals surface area contributed by atoms with Crippen LogP contribution in [0.2, 0.25) is 0 Å². The van der Waals surface area contributed by atoms with Crippen LogP contribution in [-0.2, 0) is 11.3 Å². The number of hydrogen-bond donors (Lipinski definition) is 0. The second kappa shape index (κ2) is 5.57. The van der Waals surface area contributed by atoms with Crippen molar-refractivity contribution < 1.29 is 13.9 Å². The molecule has 2 heterocycles. The highest BCUT2D eigenvalue weighted by atomic mass is 16.5. The van der Waals surface area contributed by atoms with Crippen LogP contribution < -0.4 is 0 Å². The normalized spacial score (nSPS) is 25.1. The highest BCUT2D eigenvalue weighted by Crippen LogP contribution is 2.23. The molecule has 0 bridgehead atoms. The lowest BCUT2D eigenvalue weighted by Gasteiger charge is -2.34. The quantitative estimate of drug-likeness (QED) is 0.774. The number of nitrogens with zero attached hydrogens (tertiary/aromatic N) is 1. The summed E-state index contributed by atoms with van der Waals surface area (Å²) in [5, 5.41) is 0. The Bertz CT molecular complexity index is 403. The Kier molecular flexibility index (Phi) is 4.07. The summed E-state index contributed by atoms with van der Waals surface area (Å²) >= 11 is 0.